The van der Waals surface area contributed by atoms with E-state index in [1.807, 2.05) is 0 Å². The average Bonchev–Trinajstić information content (AvgIpc) is 2.38. The molecule has 7 heteroatoms. The Hall–Kier alpha value is -1.43. The second-order valence-corrected chi connectivity index (χ2v) is 5.36. The van der Waals surface area contributed by atoms with Gasteiger partial charge in [-0.25, -0.2) is 0 Å². The highest BCUT2D eigenvalue weighted by Crippen LogP contribution is 2.23. The van der Waals surface area contributed by atoms with Crippen molar-refractivity contribution in [2.75, 3.05) is 13.1 Å². The first-order valence-corrected chi connectivity index (χ1v) is 6.70. The van der Waals surface area contributed by atoms with Crippen molar-refractivity contribution in [3.63, 3.8) is 0 Å². The standard InChI is InChI=1S/C13H12Cl2N2O3/c1-7-13(20)16-12(19)6-17(7)5-11(18)8-2-3-9(14)10(15)4-8/h2-4,7H,5-6H2,1H3,(H,16,19,20). The predicted octanol–water partition coefficient (Wildman–Crippen LogP) is 1.52. The number of carbonyl (C=O) groups excluding carboxylic acids is 3. The molecule has 1 fully saturated rings. The quantitative estimate of drug-likeness (QED) is 0.678. The van der Waals surface area contributed by atoms with Gasteiger partial charge in [-0.1, -0.05) is 23.2 Å². The van der Waals surface area contributed by atoms with Crippen LogP contribution >= 0.6 is 23.2 Å². The zero-order chi connectivity index (χ0) is 14.9. The molecule has 0 aromatic heterocycles. The maximum absolute atomic E-state index is 12.1. The molecule has 1 aliphatic heterocycles. The van der Waals surface area contributed by atoms with E-state index in [9.17, 15) is 14.4 Å². The van der Waals surface area contributed by atoms with Gasteiger partial charge in [-0.15, -0.1) is 0 Å². The monoisotopic (exact) mass is 314 g/mol. The van der Waals surface area contributed by atoms with E-state index in [0.717, 1.165) is 0 Å². The molecule has 1 aliphatic rings. The molecule has 0 bridgehead atoms. The molecule has 1 heterocycles. The second kappa shape index (κ2) is 5.91. The first-order valence-electron chi connectivity index (χ1n) is 5.94. The molecule has 1 unspecified atom stereocenters. The highest BCUT2D eigenvalue weighted by atomic mass is 35.5. The molecule has 1 atom stereocenters. The van der Waals surface area contributed by atoms with Crippen LogP contribution in [-0.2, 0) is 9.59 Å². The van der Waals surface area contributed by atoms with Crippen molar-refractivity contribution in [2.45, 2.75) is 13.0 Å². The van der Waals surface area contributed by atoms with Crippen LogP contribution in [0.3, 0.4) is 0 Å². The van der Waals surface area contributed by atoms with Crippen LogP contribution in [0.15, 0.2) is 18.2 Å². The number of Topliss-reactive ketones (excluding diaryl/α,β-unsaturated/α-hetero) is 1. The van der Waals surface area contributed by atoms with Crippen LogP contribution in [0.4, 0.5) is 0 Å². The van der Waals surface area contributed by atoms with Gasteiger partial charge in [0.2, 0.25) is 11.8 Å². The minimum absolute atomic E-state index is 0.0139. The fourth-order valence-electron chi connectivity index (χ4n) is 1.91. The van der Waals surface area contributed by atoms with E-state index in [-0.39, 0.29) is 23.9 Å². The summed E-state index contributed by atoms with van der Waals surface area (Å²) in [6.45, 7) is 1.63. The number of hydrogen-bond acceptors (Lipinski definition) is 4. The number of carbonyl (C=O) groups is 3. The third-order valence-corrected chi connectivity index (χ3v) is 3.86. The molecular weight excluding hydrogens is 303 g/mol. The van der Waals surface area contributed by atoms with E-state index >= 15 is 0 Å². The number of imide groups is 1. The van der Waals surface area contributed by atoms with Gasteiger partial charge in [-0.3, -0.25) is 24.6 Å². The van der Waals surface area contributed by atoms with E-state index in [1.54, 1.807) is 13.0 Å². The van der Waals surface area contributed by atoms with Gasteiger partial charge in [0.05, 0.1) is 29.2 Å². The lowest BCUT2D eigenvalue weighted by Gasteiger charge is -2.30. The van der Waals surface area contributed by atoms with Crippen molar-refractivity contribution in [3.05, 3.63) is 33.8 Å². The molecule has 5 nitrogen and oxygen atoms in total. The van der Waals surface area contributed by atoms with Crippen LogP contribution in [0, 0.1) is 0 Å². The van der Waals surface area contributed by atoms with Crippen molar-refractivity contribution in [1.29, 1.82) is 0 Å². The largest absolute Gasteiger partial charge is 0.294 e. The van der Waals surface area contributed by atoms with Crippen LogP contribution in [0.25, 0.3) is 0 Å². The number of nitrogens with zero attached hydrogens (tertiary/aromatic N) is 1. The van der Waals surface area contributed by atoms with Crippen molar-refractivity contribution in [3.8, 4) is 0 Å². The first kappa shape index (κ1) is 15.0. The zero-order valence-corrected chi connectivity index (χ0v) is 12.2. The maximum Gasteiger partial charge on any atom is 0.243 e. The van der Waals surface area contributed by atoms with Crippen LogP contribution in [0.1, 0.15) is 17.3 Å². The lowest BCUT2D eigenvalue weighted by atomic mass is 10.1. The molecule has 0 radical (unpaired) electrons. The van der Waals surface area contributed by atoms with Gasteiger partial charge in [0.25, 0.3) is 0 Å². The lowest BCUT2D eigenvalue weighted by molar-refractivity contribution is -0.139. The maximum atomic E-state index is 12.1. The highest BCUT2D eigenvalue weighted by molar-refractivity contribution is 6.42. The number of piperazine rings is 1. The van der Waals surface area contributed by atoms with Crippen molar-refractivity contribution in [2.24, 2.45) is 0 Å². The summed E-state index contributed by atoms with van der Waals surface area (Å²) in [5, 5.41) is 2.87. The summed E-state index contributed by atoms with van der Waals surface area (Å²) in [7, 11) is 0. The minimum atomic E-state index is -0.528. The van der Waals surface area contributed by atoms with E-state index in [1.165, 1.54) is 17.0 Å². The number of rotatable bonds is 3. The third-order valence-electron chi connectivity index (χ3n) is 3.12. The Kier molecular flexibility index (Phi) is 4.42. The van der Waals surface area contributed by atoms with Gasteiger partial charge in [-0.05, 0) is 25.1 Å². The van der Waals surface area contributed by atoms with E-state index < -0.39 is 17.9 Å². The van der Waals surface area contributed by atoms with Crippen molar-refractivity contribution < 1.29 is 14.4 Å². The smallest absolute Gasteiger partial charge is 0.243 e. The van der Waals surface area contributed by atoms with Gasteiger partial charge >= 0.3 is 0 Å². The SMILES string of the molecule is CC1C(=O)NC(=O)CN1CC(=O)c1ccc(Cl)c(Cl)c1. The highest BCUT2D eigenvalue weighted by Gasteiger charge is 2.31. The molecule has 1 saturated heterocycles. The number of ketones is 1. The molecular formula is C13H12Cl2N2O3. The van der Waals surface area contributed by atoms with Gasteiger partial charge < -0.3 is 0 Å². The fourth-order valence-corrected chi connectivity index (χ4v) is 2.20. The summed E-state index contributed by atoms with van der Waals surface area (Å²) >= 11 is 11.6. The molecule has 2 amide bonds. The predicted molar refractivity (Wildman–Crippen MR) is 75.0 cm³/mol. The van der Waals surface area contributed by atoms with Gasteiger partial charge in [0.1, 0.15) is 0 Å². The Bertz CT molecular complexity index is 589. The van der Waals surface area contributed by atoms with Gasteiger partial charge in [0.15, 0.2) is 5.78 Å². The molecule has 1 aromatic carbocycles. The summed E-state index contributed by atoms with van der Waals surface area (Å²) < 4.78 is 0. The Labute approximate surface area is 125 Å². The molecule has 0 spiro atoms. The molecule has 20 heavy (non-hydrogen) atoms. The Balaban J connectivity index is 2.12. The molecule has 0 saturated carbocycles. The molecule has 2 rings (SSSR count). The average molecular weight is 315 g/mol. The van der Waals surface area contributed by atoms with Crippen LogP contribution in [0.2, 0.25) is 10.0 Å². The normalized spacial score (nSPS) is 19.9. The van der Waals surface area contributed by atoms with E-state index in [4.69, 9.17) is 23.2 Å². The fraction of sp³-hybridized carbons (Fsp3) is 0.308. The second-order valence-electron chi connectivity index (χ2n) is 4.55. The number of benzene rings is 1. The number of nitrogens with one attached hydrogen (secondary N) is 1. The van der Waals surface area contributed by atoms with Crippen molar-refractivity contribution >= 4 is 40.8 Å². The minimum Gasteiger partial charge on any atom is -0.294 e. The van der Waals surface area contributed by atoms with Gasteiger partial charge in [-0.2, -0.15) is 0 Å². The lowest BCUT2D eigenvalue weighted by Crippen LogP contribution is -2.57. The first-order chi connectivity index (χ1) is 9.38. The van der Waals surface area contributed by atoms with E-state index in [0.29, 0.717) is 10.6 Å². The Morgan fingerprint density at radius 3 is 2.70 bits per heavy atom. The summed E-state index contributed by atoms with van der Waals surface area (Å²) in [5.74, 6) is -1.03. The van der Waals surface area contributed by atoms with Crippen LogP contribution in [0.5, 0.6) is 0 Å². The van der Waals surface area contributed by atoms with E-state index in [2.05, 4.69) is 5.32 Å². The number of amides is 2. The van der Waals surface area contributed by atoms with Crippen LogP contribution < -0.4 is 5.32 Å². The molecule has 1 aromatic rings. The summed E-state index contributed by atoms with van der Waals surface area (Å²) in [4.78, 5) is 36.5. The van der Waals surface area contributed by atoms with Gasteiger partial charge in [0, 0.05) is 5.56 Å². The molecule has 1 N–H and O–H groups in total. The summed E-state index contributed by atoms with van der Waals surface area (Å²) in [5.41, 5.74) is 0.394. The van der Waals surface area contributed by atoms with Crippen LogP contribution in [-0.4, -0.2) is 41.6 Å². The summed E-state index contributed by atoms with van der Waals surface area (Å²) in [6, 6.07) is 4.05. The Morgan fingerprint density at radius 1 is 1.35 bits per heavy atom. The number of hydrogen-bond donors (Lipinski definition) is 1. The zero-order valence-electron chi connectivity index (χ0n) is 10.7. The third kappa shape index (κ3) is 3.17. The summed E-state index contributed by atoms with van der Waals surface area (Å²) in [6.07, 6.45) is 0. The number of halogens is 2. The topological polar surface area (TPSA) is 66.5 Å². The molecule has 0 aliphatic carbocycles. The Morgan fingerprint density at radius 2 is 2.05 bits per heavy atom. The van der Waals surface area contributed by atoms with Crippen molar-refractivity contribution in [1.82, 2.24) is 10.2 Å². The molecule has 106 valence electrons.